The van der Waals surface area contributed by atoms with Gasteiger partial charge in [0.2, 0.25) is 0 Å². The second-order valence-electron chi connectivity index (χ2n) is 4.68. The van der Waals surface area contributed by atoms with E-state index in [4.69, 9.17) is 0 Å². The molecule has 1 aliphatic rings. The van der Waals surface area contributed by atoms with Gasteiger partial charge in [-0.05, 0) is 18.9 Å². The smallest absolute Gasteiger partial charge is 0.270 e. The Hall–Kier alpha value is -2.17. The van der Waals surface area contributed by atoms with Crippen LogP contribution in [0.4, 0.5) is 5.69 Å². The molecule has 0 bridgehead atoms. The number of benzene rings is 1. The van der Waals surface area contributed by atoms with Crippen molar-refractivity contribution in [1.29, 1.82) is 0 Å². The number of nitrogens with one attached hydrogen (secondary N) is 1. The van der Waals surface area contributed by atoms with E-state index in [-0.39, 0.29) is 17.4 Å². The highest BCUT2D eigenvalue weighted by molar-refractivity contribution is 6.09. The molecule has 1 aliphatic carbocycles. The maximum absolute atomic E-state index is 12.2. The van der Waals surface area contributed by atoms with Crippen molar-refractivity contribution in [2.75, 3.05) is 0 Å². The highest BCUT2D eigenvalue weighted by Crippen LogP contribution is 2.33. The molecule has 0 saturated heterocycles. The van der Waals surface area contributed by atoms with Gasteiger partial charge in [-0.25, -0.2) is 0 Å². The summed E-state index contributed by atoms with van der Waals surface area (Å²) in [5, 5.41) is 11.4. The van der Waals surface area contributed by atoms with Gasteiger partial charge < -0.3 is 4.98 Å². The maximum Gasteiger partial charge on any atom is 0.270 e. The molecule has 1 aromatic heterocycles. The van der Waals surface area contributed by atoms with Gasteiger partial charge in [-0.2, -0.15) is 0 Å². The first-order valence-corrected chi connectivity index (χ1v) is 5.96. The number of Topliss-reactive ketones (excluding diaryl/α,β-unsaturated/α-hetero) is 1. The number of carbonyl (C=O) groups excluding carboxylic acids is 1. The Kier molecular flexibility index (Phi) is 2.40. The normalized spacial score (nSPS) is 15.6. The minimum absolute atomic E-state index is 0.0183. The number of nitro benzene ring substituents is 1. The van der Waals surface area contributed by atoms with Crippen molar-refractivity contribution in [3.05, 3.63) is 40.1 Å². The fraction of sp³-hybridized carbons (Fsp3) is 0.308. The molecular weight excluding hydrogens is 232 g/mol. The molecule has 0 atom stereocenters. The van der Waals surface area contributed by atoms with Crippen LogP contribution in [0.2, 0.25) is 0 Å². The molecular formula is C13H12N2O3. The van der Waals surface area contributed by atoms with Gasteiger partial charge in [-0.1, -0.05) is 6.42 Å². The van der Waals surface area contributed by atoms with Crippen LogP contribution in [0.1, 0.15) is 29.6 Å². The third-order valence-corrected chi connectivity index (χ3v) is 3.62. The number of nitrogens with zero attached hydrogens (tertiary/aromatic N) is 1. The molecule has 0 spiro atoms. The van der Waals surface area contributed by atoms with E-state index in [1.165, 1.54) is 12.1 Å². The van der Waals surface area contributed by atoms with E-state index in [1.54, 1.807) is 12.3 Å². The van der Waals surface area contributed by atoms with E-state index in [0.717, 1.165) is 24.8 Å². The first kappa shape index (κ1) is 11.0. The SMILES string of the molecule is O=C(c1c[nH]c2ccc([N+](=O)[O-])cc12)C1CCC1. The number of H-pyrrole nitrogens is 1. The molecule has 0 amide bonds. The zero-order valence-electron chi connectivity index (χ0n) is 9.68. The van der Waals surface area contributed by atoms with E-state index >= 15 is 0 Å². The molecule has 1 heterocycles. The van der Waals surface area contributed by atoms with Crippen molar-refractivity contribution in [2.24, 2.45) is 5.92 Å². The van der Waals surface area contributed by atoms with Crippen molar-refractivity contribution in [3.63, 3.8) is 0 Å². The van der Waals surface area contributed by atoms with E-state index in [2.05, 4.69) is 4.98 Å². The fourth-order valence-electron chi connectivity index (χ4n) is 2.32. The summed E-state index contributed by atoms with van der Waals surface area (Å²) in [6, 6.07) is 4.55. The third kappa shape index (κ3) is 1.59. The molecule has 0 unspecified atom stereocenters. The van der Waals surface area contributed by atoms with E-state index in [1.807, 2.05) is 0 Å². The Morgan fingerprint density at radius 1 is 1.39 bits per heavy atom. The Morgan fingerprint density at radius 2 is 2.17 bits per heavy atom. The van der Waals surface area contributed by atoms with Crippen molar-refractivity contribution >= 4 is 22.4 Å². The van der Waals surface area contributed by atoms with E-state index in [9.17, 15) is 14.9 Å². The van der Waals surface area contributed by atoms with Gasteiger partial charge in [0.25, 0.3) is 5.69 Å². The zero-order valence-corrected chi connectivity index (χ0v) is 9.68. The highest BCUT2D eigenvalue weighted by atomic mass is 16.6. The van der Waals surface area contributed by atoms with Gasteiger partial charge in [0, 0.05) is 40.7 Å². The van der Waals surface area contributed by atoms with Crippen LogP contribution in [0.15, 0.2) is 24.4 Å². The predicted octanol–water partition coefficient (Wildman–Crippen LogP) is 3.06. The largest absolute Gasteiger partial charge is 0.360 e. The third-order valence-electron chi connectivity index (χ3n) is 3.62. The van der Waals surface area contributed by atoms with Gasteiger partial charge in [0.15, 0.2) is 5.78 Å². The molecule has 1 N–H and O–H groups in total. The van der Waals surface area contributed by atoms with Crippen molar-refractivity contribution in [3.8, 4) is 0 Å². The topological polar surface area (TPSA) is 76.0 Å². The zero-order chi connectivity index (χ0) is 12.7. The summed E-state index contributed by atoms with van der Waals surface area (Å²) < 4.78 is 0. The van der Waals surface area contributed by atoms with Crippen molar-refractivity contribution in [1.82, 2.24) is 4.98 Å². The van der Waals surface area contributed by atoms with Crippen LogP contribution in [-0.2, 0) is 0 Å². The van der Waals surface area contributed by atoms with Gasteiger partial charge in [0.1, 0.15) is 0 Å². The van der Waals surface area contributed by atoms with Crippen LogP contribution < -0.4 is 0 Å². The molecule has 5 nitrogen and oxygen atoms in total. The Balaban J connectivity index is 2.08. The Morgan fingerprint density at radius 3 is 2.78 bits per heavy atom. The Bertz CT molecular complexity index is 641. The van der Waals surface area contributed by atoms with Crippen LogP contribution in [0, 0.1) is 16.0 Å². The van der Waals surface area contributed by atoms with E-state index < -0.39 is 4.92 Å². The summed E-state index contributed by atoms with van der Waals surface area (Å²) in [6.07, 6.45) is 4.62. The van der Waals surface area contributed by atoms with E-state index in [0.29, 0.717) is 10.9 Å². The van der Waals surface area contributed by atoms with Gasteiger partial charge in [-0.15, -0.1) is 0 Å². The van der Waals surface area contributed by atoms with Gasteiger partial charge >= 0.3 is 0 Å². The standard InChI is InChI=1S/C13H12N2O3/c16-13(8-2-1-3-8)11-7-14-12-5-4-9(15(17)18)6-10(11)12/h4-8,14H,1-3H2. The Labute approximate surface area is 103 Å². The molecule has 92 valence electrons. The van der Waals surface area contributed by atoms with Crippen molar-refractivity contribution in [2.45, 2.75) is 19.3 Å². The minimum atomic E-state index is -0.440. The molecule has 0 radical (unpaired) electrons. The lowest BCUT2D eigenvalue weighted by atomic mass is 9.80. The number of fused-ring (bicyclic) bond motifs is 1. The summed E-state index contributed by atoms with van der Waals surface area (Å²) >= 11 is 0. The van der Waals surface area contributed by atoms with Gasteiger partial charge in [0.05, 0.1) is 4.92 Å². The summed E-state index contributed by atoms with van der Waals surface area (Å²) in [5.74, 6) is 0.205. The van der Waals surface area contributed by atoms with Crippen LogP contribution in [0.3, 0.4) is 0 Å². The minimum Gasteiger partial charge on any atom is -0.360 e. The first-order valence-electron chi connectivity index (χ1n) is 5.96. The summed E-state index contributed by atoms with van der Waals surface area (Å²) in [7, 11) is 0. The molecule has 5 heteroatoms. The lowest BCUT2D eigenvalue weighted by Gasteiger charge is -2.23. The summed E-state index contributed by atoms with van der Waals surface area (Å²) in [5.41, 5.74) is 1.37. The quantitative estimate of drug-likeness (QED) is 0.512. The molecule has 1 fully saturated rings. The van der Waals surface area contributed by atoms with Crippen LogP contribution in [0.25, 0.3) is 10.9 Å². The molecule has 0 aliphatic heterocycles. The van der Waals surface area contributed by atoms with Crippen LogP contribution in [0.5, 0.6) is 0 Å². The van der Waals surface area contributed by atoms with Crippen LogP contribution >= 0.6 is 0 Å². The number of aromatic nitrogens is 1. The van der Waals surface area contributed by atoms with Crippen molar-refractivity contribution < 1.29 is 9.72 Å². The number of carbonyl (C=O) groups is 1. The number of hydrogen-bond donors (Lipinski definition) is 1. The predicted molar refractivity (Wildman–Crippen MR) is 66.6 cm³/mol. The lowest BCUT2D eigenvalue weighted by molar-refractivity contribution is -0.384. The second-order valence-corrected chi connectivity index (χ2v) is 4.68. The monoisotopic (exact) mass is 244 g/mol. The summed E-state index contributed by atoms with van der Waals surface area (Å²) in [6.45, 7) is 0. The number of hydrogen-bond acceptors (Lipinski definition) is 3. The first-order chi connectivity index (χ1) is 8.66. The maximum atomic E-state index is 12.2. The molecule has 1 aromatic carbocycles. The molecule has 3 rings (SSSR count). The molecule has 18 heavy (non-hydrogen) atoms. The lowest BCUT2D eigenvalue weighted by Crippen LogP contribution is -2.21. The number of non-ortho nitro benzene ring substituents is 1. The van der Waals surface area contributed by atoms with Gasteiger partial charge in [-0.3, -0.25) is 14.9 Å². The summed E-state index contributed by atoms with van der Waals surface area (Å²) in [4.78, 5) is 25.5. The highest BCUT2D eigenvalue weighted by Gasteiger charge is 2.28. The average Bonchev–Trinajstić information content (AvgIpc) is 2.68. The molecule has 2 aromatic rings. The number of nitro groups is 1. The number of rotatable bonds is 3. The fourth-order valence-corrected chi connectivity index (χ4v) is 2.32. The van der Waals surface area contributed by atoms with Crippen LogP contribution in [-0.4, -0.2) is 15.7 Å². The second kappa shape index (κ2) is 3.94. The number of aromatic amines is 1. The average molecular weight is 244 g/mol. The molecule has 1 saturated carbocycles. The number of ketones is 1.